The quantitative estimate of drug-likeness (QED) is 0.905. The smallest absolute Gasteiger partial charge is 0.243 e. The van der Waals surface area contributed by atoms with E-state index >= 15 is 0 Å². The van der Waals surface area contributed by atoms with Crippen molar-refractivity contribution < 1.29 is 13.2 Å². The van der Waals surface area contributed by atoms with E-state index in [-0.39, 0.29) is 12.2 Å². The van der Waals surface area contributed by atoms with E-state index in [1.165, 1.54) is 9.87 Å². The number of nitrogens with one attached hydrogen (secondary N) is 1. The highest BCUT2D eigenvalue weighted by Gasteiger charge is 2.32. The van der Waals surface area contributed by atoms with Crippen molar-refractivity contribution in [2.24, 2.45) is 0 Å². The Bertz CT molecular complexity index is 620. The molecule has 0 spiro atoms. The third-order valence-electron chi connectivity index (χ3n) is 4.04. The lowest BCUT2D eigenvalue weighted by Crippen LogP contribution is -2.48. The van der Waals surface area contributed by atoms with Crippen molar-refractivity contribution in [3.05, 3.63) is 23.8 Å². The number of hydrogen-bond donors (Lipinski definition) is 1. The maximum absolute atomic E-state index is 12.8. The van der Waals surface area contributed by atoms with E-state index in [0.29, 0.717) is 18.0 Å². The number of rotatable bonds is 2. The molecule has 6 heteroatoms. The SMILES string of the molecule is CC1CN(S(=O)(=O)c2ccc3c(c2)NCCC3)CC(C)O1. The van der Waals surface area contributed by atoms with Gasteiger partial charge in [-0.1, -0.05) is 6.07 Å². The third kappa shape index (κ3) is 2.93. The third-order valence-corrected chi connectivity index (χ3v) is 5.87. The molecular weight excluding hydrogens is 288 g/mol. The molecule has 5 nitrogen and oxygen atoms in total. The molecule has 2 aliphatic rings. The van der Waals surface area contributed by atoms with E-state index in [2.05, 4.69) is 5.32 Å². The van der Waals surface area contributed by atoms with Gasteiger partial charge in [-0.15, -0.1) is 0 Å². The lowest BCUT2D eigenvalue weighted by molar-refractivity contribution is -0.0440. The molecule has 0 amide bonds. The molecule has 3 rings (SSSR count). The predicted octanol–water partition coefficient (Wildman–Crippen LogP) is 1.84. The Morgan fingerprint density at radius 1 is 1.24 bits per heavy atom. The molecule has 0 aromatic heterocycles. The normalized spacial score (nSPS) is 27.0. The van der Waals surface area contributed by atoms with E-state index < -0.39 is 10.0 Å². The molecule has 21 heavy (non-hydrogen) atoms. The number of fused-ring (bicyclic) bond motifs is 1. The van der Waals surface area contributed by atoms with Crippen molar-refractivity contribution in [3.63, 3.8) is 0 Å². The van der Waals surface area contributed by atoms with E-state index in [1.807, 2.05) is 19.9 Å². The van der Waals surface area contributed by atoms with Gasteiger partial charge in [-0.2, -0.15) is 4.31 Å². The first-order valence-corrected chi connectivity index (χ1v) is 8.93. The minimum Gasteiger partial charge on any atom is -0.385 e. The molecule has 2 atom stereocenters. The molecule has 2 heterocycles. The molecule has 2 aliphatic heterocycles. The minimum atomic E-state index is -3.45. The van der Waals surface area contributed by atoms with Gasteiger partial charge in [-0.25, -0.2) is 8.42 Å². The fourth-order valence-corrected chi connectivity index (χ4v) is 4.69. The first kappa shape index (κ1) is 14.8. The summed E-state index contributed by atoms with van der Waals surface area (Å²) in [6, 6.07) is 5.43. The van der Waals surface area contributed by atoms with Gasteiger partial charge in [-0.05, 0) is 44.4 Å². The molecule has 116 valence electrons. The molecule has 1 aromatic carbocycles. The molecule has 1 N–H and O–H groups in total. The van der Waals surface area contributed by atoms with Gasteiger partial charge in [0.05, 0.1) is 17.1 Å². The first-order chi connectivity index (χ1) is 9.96. The second-order valence-corrected chi connectivity index (χ2v) is 7.87. The maximum Gasteiger partial charge on any atom is 0.243 e. The number of morpholine rings is 1. The topological polar surface area (TPSA) is 58.6 Å². The highest BCUT2D eigenvalue weighted by atomic mass is 32.2. The number of nitrogens with zero attached hydrogens (tertiary/aromatic N) is 1. The summed E-state index contributed by atoms with van der Waals surface area (Å²) in [5.41, 5.74) is 2.15. The van der Waals surface area contributed by atoms with Gasteiger partial charge in [-0.3, -0.25) is 0 Å². The highest BCUT2D eigenvalue weighted by molar-refractivity contribution is 7.89. The van der Waals surface area contributed by atoms with Crippen LogP contribution in [0.25, 0.3) is 0 Å². The second kappa shape index (κ2) is 5.59. The van der Waals surface area contributed by atoms with Gasteiger partial charge in [0, 0.05) is 25.3 Å². The molecule has 0 bridgehead atoms. The Balaban J connectivity index is 1.91. The van der Waals surface area contributed by atoms with E-state index in [4.69, 9.17) is 4.74 Å². The lowest BCUT2D eigenvalue weighted by Gasteiger charge is -2.34. The number of aryl methyl sites for hydroxylation is 1. The Morgan fingerprint density at radius 3 is 2.67 bits per heavy atom. The van der Waals surface area contributed by atoms with Crippen molar-refractivity contribution in [1.29, 1.82) is 0 Å². The lowest BCUT2D eigenvalue weighted by atomic mass is 10.0. The van der Waals surface area contributed by atoms with Crippen molar-refractivity contribution >= 4 is 15.7 Å². The summed E-state index contributed by atoms with van der Waals surface area (Å²) in [5.74, 6) is 0. The molecule has 1 saturated heterocycles. The summed E-state index contributed by atoms with van der Waals surface area (Å²) in [5, 5.41) is 3.29. The number of sulfonamides is 1. The summed E-state index contributed by atoms with van der Waals surface area (Å²) < 4.78 is 32.8. The van der Waals surface area contributed by atoms with E-state index in [1.54, 1.807) is 12.1 Å². The maximum atomic E-state index is 12.8. The Labute approximate surface area is 126 Å². The first-order valence-electron chi connectivity index (χ1n) is 7.49. The zero-order chi connectivity index (χ0) is 15.0. The predicted molar refractivity (Wildman–Crippen MR) is 82.0 cm³/mol. The van der Waals surface area contributed by atoms with Gasteiger partial charge < -0.3 is 10.1 Å². The Kier molecular flexibility index (Phi) is 3.94. The summed E-state index contributed by atoms with van der Waals surface area (Å²) in [4.78, 5) is 0.372. The van der Waals surface area contributed by atoms with Gasteiger partial charge in [0.25, 0.3) is 0 Å². The molecule has 1 aromatic rings. The van der Waals surface area contributed by atoms with Crippen LogP contribution < -0.4 is 5.32 Å². The van der Waals surface area contributed by atoms with Crippen LogP contribution in [0.1, 0.15) is 25.8 Å². The number of benzene rings is 1. The van der Waals surface area contributed by atoms with Crippen molar-refractivity contribution in [2.75, 3.05) is 25.0 Å². The zero-order valence-electron chi connectivity index (χ0n) is 12.5. The van der Waals surface area contributed by atoms with Crippen LogP contribution in [-0.4, -0.2) is 44.6 Å². The Hall–Kier alpha value is -1.11. The number of ether oxygens (including phenoxy) is 1. The molecule has 0 radical (unpaired) electrons. The summed E-state index contributed by atoms with van der Waals surface area (Å²) in [6.07, 6.45) is 1.96. The monoisotopic (exact) mass is 310 g/mol. The fraction of sp³-hybridized carbons (Fsp3) is 0.600. The summed E-state index contributed by atoms with van der Waals surface area (Å²) >= 11 is 0. The Morgan fingerprint density at radius 2 is 1.95 bits per heavy atom. The fourth-order valence-electron chi connectivity index (χ4n) is 3.08. The summed E-state index contributed by atoms with van der Waals surface area (Å²) in [7, 11) is -3.45. The van der Waals surface area contributed by atoms with Crippen LogP contribution in [-0.2, 0) is 21.2 Å². The largest absolute Gasteiger partial charge is 0.385 e. The second-order valence-electron chi connectivity index (χ2n) is 5.93. The van der Waals surface area contributed by atoms with Crippen LogP contribution in [0.4, 0.5) is 5.69 Å². The van der Waals surface area contributed by atoms with Gasteiger partial charge in [0.1, 0.15) is 0 Å². The minimum absolute atomic E-state index is 0.0701. The molecule has 0 saturated carbocycles. The molecule has 1 fully saturated rings. The number of anilines is 1. The van der Waals surface area contributed by atoms with Crippen LogP contribution in [0.3, 0.4) is 0 Å². The van der Waals surface area contributed by atoms with E-state index in [0.717, 1.165) is 25.1 Å². The average Bonchev–Trinajstić information content (AvgIpc) is 2.45. The van der Waals surface area contributed by atoms with Gasteiger partial charge >= 0.3 is 0 Å². The van der Waals surface area contributed by atoms with Crippen molar-refractivity contribution in [1.82, 2.24) is 4.31 Å². The molecular formula is C15H22N2O3S. The van der Waals surface area contributed by atoms with Gasteiger partial charge in [0.2, 0.25) is 10.0 Å². The molecule has 0 aliphatic carbocycles. The van der Waals surface area contributed by atoms with Gasteiger partial charge in [0.15, 0.2) is 0 Å². The van der Waals surface area contributed by atoms with Crippen LogP contribution in [0, 0.1) is 0 Å². The van der Waals surface area contributed by atoms with Crippen molar-refractivity contribution in [2.45, 2.75) is 43.8 Å². The van der Waals surface area contributed by atoms with Crippen LogP contribution in [0.15, 0.2) is 23.1 Å². The van der Waals surface area contributed by atoms with Crippen LogP contribution in [0.5, 0.6) is 0 Å². The van der Waals surface area contributed by atoms with Crippen LogP contribution >= 0.6 is 0 Å². The molecule has 2 unspecified atom stereocenters. The number of hydrogen-bond acceptors (Lipinski definition) is 4. The van der Waals surface area contributed by atoms with E-state index in [9.17, 15) is 8.42 Å². The van der Waals surface area contributed by atoms with Crippen LogP contribution in [0.2, 0.25) is 0 Å². The summed E-state index contributed by atoms with van der Waals surface area (Å²) in [6.45, 7) is 5.55. The zero-order valence-corrected chi connectivity index (χ0v) is 13.3. The standard InChI is InChI=1S/C15H22N2O3S/c1-11-9-17(10-12(2)20-11)21(18,19)14-6-5-13-4-3-7-16-15(13)8-14/h5-6,8,11-12,16H,3-4,7,9-10H2,1-2H3. The highest BCUT2D eigenvalue weighted by Crippen LogP contribution is 2.28. The van der Waals surface area contributed by atoms with Crippen molar-refractivity contribution in [3.8, 4) is 0 Å². The average molecular weight is 310 g/mol.